The van der Waals surface area contributed by atoms with Crippen LogP contribution in [0.25, 0.3) is 0 Å². The molecule has 0 amide bonds. The lowest BCUT2D eigenvalue weighted by Crippen LogP contribution is -2.27. The third kappa shape index (κ3) is 11.0. The van der Waals surface area contributed by atoms with Gasteiger partial charge in [-0.3, -0.25) is 4.79 Å². The molecule has 0 aromatic heterocycles. The highest BCUT2D eigenvalue weighted by atomic mass is 16.3. The fourth-order valence-electron chi connectivity index (χ4n) is 1.71. The molecule has 0 aliphatic heterocycles. The molecule has 0 fully saturated rings. The number of allylic oxidation sites excluding steroid dienone is 9. The number of aldehydes is 1. The number of aliphatic hydroxyl groups is 3. The number of hydrogen-bond donors (Lipinski definition) is 3. The normalized spacial score (nSPS) is 18.3. The SMILES string of the molecule is CC(=C\C=C\C=C\C(O)C(O)CC(C)O)/C=C(C)/C=C/C=O. The molecule has 0 bridgehead atoms. The number of carbonyl (C=O) groups is 1. The number of rotatable bonds is 9. The van der Waals surface area contributed by atoms with Gasteiger partial charge in [0.05, 0.1) is 18.3 Å². The van der Waals surface area contributed by atoms with Gasteiger partial charge in [-0.1, -0.05) is 53.7 Å². The average Bonchev–Trinajstić information content (AvgIpc) is 2.43. The van der Waals surface area contributed by atoms with Crippen LogP contribution in [0.5, 0.6) is 0 Å². The lowest BCUT2D eigenvalue weighted by Gasteiger charge is -2.15. The van der Waals surface area contributed by atoms with Gasteiger partial charge in [0.1, 0.15) is 6.29 Å². The third-order valence-electron chi connectivity index (χ3n) is 2.76. The zero-order valence-electron chi connectivity index (χ0n) is 13.4. The van der Waals surface area contributed by atoms with Crippen LogP contribution >= 0.6 is 0 Å². The lowest BCUT2D eigenvalue weighted by molar-refractivity contribution is -0.104. The van der Waals surface area contributed by atoms with E-state index in [9.17, 15) is 15.0 Å². The zero-order chi connectivity index (χ0) is 17.0. The van der Waals surface area contributed by atoms with Crippen molar-refractivity contribution < 1.29 is 20.1 Å². The van der Waals surface area contributed by atoms with Crippen LogP contribution < -0.4 is 0 Å². The van der Waals surface area contributed by atoms with Crippen LogP contribution in [0.4, 0.5) is 0 Å². The number of hydrogen-bond acceptors (Lipinski definition) is 4. The van der Waals surface area contributed by atoms with Crippen LogP contribution in [0, 0.1) is 0 Å². The van der Waals surface area contributed by atoms with Gasteiger partial charge in [-0.25, -0.2) is 0 Å². The van der Waals surface area contributed by atoms with E-state index in [4.69, 9.17) is 5.11 Å². The molecule has 4 heteroatoms. The molecule has 0 saturated heterocycles. The van der Waals surface area contributed by atoms with Crippen molar-refractivity contribution in [2.24, 2.45) is 0 Å². The predicted octanol–water partition coefficient (Wildman–Crippen LogP) is 2.24. The van der Waals surface area contributed by atoms with Gasteiger partial charge in [0.2, 0.25) is 0 Å². The molecule has 3 N–H and O–H groups in total. The van der Waals surface area contributed by atoms with Gasteiger partial charge in [-0.15, -0.1) is 0 Å². The maximum absolute atomic E-state index is 10.2. The highest BCUT2D eigenvalue weighted by molar-refractivity contribution is 5.65. The van der Waals surface area contributed by atoms with Crippen molar-refractivity contribution >= 4 is 6.29 Å². The maximum atomic E-state index is 10.2. The fraction of sp³-hybridized carbons (Fsp3) is 0.389. The van der Waals surface area contributed by atoms with Gasteiger partial charge in [-0.2, -0.15) is 0 Å². The molecule has 0 aliphatic rings. The molecule has 0 heterocycles. The van der Waals surface area contributed by atoms with E-state index in [1.807, 2.05) is 32.1 Å². The van der Waals surface area contributed by atoms with Gasteiger partial charge >= 0.3 is 0 Å². The van der Waals surface area contributed by atoms with Crippen LogP contribution in [0.1, 0.15) is 27.2 Å². The molecule has 0 aromatic carbocycles. The Morgan fingerprint density at radius 3 is 2.27 bits per heavy atom. The summed E-state index contributed by atoms with van der Waals surface area (Å²) >= 11 is 0. The molecule has 0 spiro atoms. The Kier molecular flexibility index (Phi) is 10.9. The Morgan fingerprint density at radius 2 is 1.68 bits per heavy atom. The molecule has 4 nitrogen and oxygen atoms in total. The van der Waals surface area contributed by atoms with E-state index < -0.39 is 18.3 Å². The van der Waals surface area contributed by atoms with E-state index >= 15 is 0 Å². The second kappa shape index (κ2) is 11.9. The van der Waals surface area contributed by atoms with E-state index in [-0.39, 0.29) is 6.42 Å². The molecular formula is C18H26O4. The lowest BCUT2D eigenvalue weighted by atomic mass is 10.1. The van der Waals surface area contributed by atoms with E-state index in [1.54, 1.807) is 25.2 Å². The monoisotopic (exact) mass is 306 g/mol. The van der Waals surface area contributed by atoms with E-state index in [0.29, 0.717) is 0 Å². The summed E-state index contributed by atoms with van der Waals surface area (Å²) in [6.07, 6.45) is 11.9. The molecule has 0 radical (unpaired) electrons. The topological polar surface area (TPSA) is 77.8 Å². The first-order valence-corrected chi connectivity index (χ1v) is 7.23. The fourth-order valence-corrected chi connectivity index (χ4v) is 1.71. The first kappa shape index (κ1) is 20.2. The van der Waals surface area contributed by atoms with Gasteiger partial charge < -0.3 is 15.3 Å². The third-order valence-corrected chi connectivity index (χ3v) is 2.76. The molecule has 0 rings (SSSR count). The molecule has 3 unspecified atom stereocenters. The van der Waals surface area contributed by atoms with Gasteiger partial charge in [0.25, 0.3) is 0 Å². The summed E-state index contributed by atoms with van der Waals surface area (Å²) in [5.74, 6) is 0. The van der Waals surface area contributed by atoms with Crippen molar-refractivity contribution in [1.29, 1.82) is 0 Å². The Bertz CT molecular complexity index is 467. The summed E-state index contributed by atoms with van der Waals surface area (Å²) in [5, 5.41) is 28.3. The molecular weight excluding hydrogens is 280 g/mol. The van der Waals surface area contributed by atoms with E-state index in [1.165, 1.54) is 12.2 Å². The van der Waals surface area contributed by atoms with Gasteiger partial charge in [0, 0.05) is 6.42 Å². The summed E-state index contributed by atoms with van der Waals surface area (Å²) in [4.78, 5) is 10.2. The van der Waals surface area contributed by atoms with Gasteiger partial charge in [0.15, 0.2) is 0 Å². The largest absolute Gasteiger partial charge is 0.393 e. The Hall–Kier alpha value is -1.75. The quantitative estimate of drug-likeness (QED) is 0.347. The summed E-state index contributed by atoms with van der Waals surface area (Å²) < 4.78 is 0. The van der Waals surface area contributed by atoms with E-state index in [0.717, 1.165) is 17.4 Å². The highest BCUT2D eigenvalue weighted by Gasteiger charge is 2.14. The highest BCUT2D eigenvalue weighted by Crippen LogP contribution is 2.05. The van der Waals surface area contributed by atoms with Crippen molar-refractivity contribution in [3.05, 3.63) is 59.8 Å². The standard InChI is InChI=1S/C18H26O4/c1-14(12-15(2)9-7-11-19)8-5-4-6-10-17(21)18(22)13-16(3)20/h4-12,16-18,20-22H,13H2,1-3H3/b5-4+,9-7+,10-6+,14-8+,15-12+. The minimum absolute atomic E-state index is 0.132. The average molecular weight is 306 g/mol. The van der Waals surface area contributed by atoms with Gasteiger partial charge in [-0.05, 0) is 26.8 Å². The van der Waals surface area contributed by atoms with Crippen LogP contribution in [0.15, 0.2) is 59.8 Å². The van der Waals surface area contributed by atoms with Crippen molar-refractivity contribution in [3.63, 3.8) is 0 Å². The first-order chi connectivity index (χ1) is 10.4. The Balaban J connectivity index is 4.43. The Morgan fingerprint density at radius 1 is 1.00 bits per heavy atom. The Labute approximate surface area is 132 Å². The molecule has 22 heavy (non-hydrogen) atoms. The maximum Gasteiger partial charge on any atom is 0.142 e. The molecule has 122 valence electrons. The van der Waals surface area contributed by atoms with Crippen molar-refractivity contribution in [1.82, 2.24) is 0 Å². The smallest absolute Gasteiger partial charge is 0.142 e. The minimum atomic E-state index is -1.00. The number of aliphatic hydroxyl groups excluding tert-OH is 3. The summed E-state index contributed by atoms with van der Waals surface area (Å²) in [5.41, 5.74) is 1.99. The zero-order valence-corrected chi connectivity index (χ0v) is 13.4. The van der Waals surface area contributed by atoms with Crippen molar-refractivity contribution in [2.45, 2.75) is 45.5 Å². The first-order valence-electron chi connectivity index (χ1n) is 7.23. The van der Waals surface area contributed by atoms with Crippen LogP contribution in [-0.4, -0.2) is 39.9 Å². The molecule has 0 aliphatic carbocycles. The van der Waals surface area contributed by atoms with Crippen LogP contribution in [0.2, 0.25) is 0 Å². The van der Waals surface area contributed by atoms with Crippen molar-refractivity contribution in [3.8, 4) is 0 Å². The molecule has 0 saturated carbocycles. The van der Waals surface area contributed by atoms with Crippen LogP contribution in [-0.2, 0) is 4.79 Å². The summed E-state index contributed by atoms with van der Waals surface area (Å²) in [7, 11) is 0. The van der Waals surface area contributed by atoms with Crippen LogP contribution in [0.3, 0.4) is 0 Å². The summed E-state index contributed by atoms with van der Waals surface area (Å²) in [6, 6.07) is 0. The molecule has 0 aromatic rings. The second-order valence-corrected chi connectivity index (χ2v) is 5.21. The molecule has 3 atom stereocenters. The second-order valence-electron chi connectivity index (χ2n) is 5.21. The minimum Gasteiger partial charge on any atom is -0.393 e. The van der Waals surface area contributed by atoms with E-state index in [2.05, 4.69) is 0 Å². The number of carbonyl (C=O) groups excluding carboxylic acids is 1. The summed E-state index contributed by atoms with van der Waals surface area (Å²) in [6.45, 7) is 5.40. The predicted molar refractivity (Wildman–Crippen MR) is 89.3 cm³/mol. The van der Waals surface area contributed by atoms with Crippen molar-refractivity contribution in [2.75, 3.05) is 0 Å².